The zero-order chi connectivity index (χ0) is 5.11. The van der Waals surface area contributed by atoms with Crippen LogP contribution in [0.3, 0.4) is 0 Å². The van der Waals surface area contributed by atoms with E-state index in [1.54, 1.807) is 18.0 Å². The lowest BCUT2D eigenvalue weighted by molar-refractivity contribution is 0.354. The summed E-state index contributed by atoms with van der Waals surface area (Å²) in [6.07, 6.45) is 1.68. The molecule has 0 aromatic rings. The van der Waals surface area contributed by atoms with Crippen molar-refractivity contribution in [1.82, 2.24) is 0 Å². The average molecular weight is 114 g/mol. The molecule has 1 nitrogen and oxygen atoms in total. The molecule has 7 heavy (non-hydrogen) atoms. The maximum Gasteiger partial charge on any atom is 0.107 e. The molecule has 0 aromatic carbocycles. The molecule has 0 radical (unpaired) electrons. The van der Waals surface area contributed by atoms with Crippen LogP contribution in [0.15, 0.2) is 22.8 Å². The van der Waals surface area contributed by atoms with Crippen LogP contribution in [0, 0.1) is 0 Å². The van der Waals surface area contributed by atoms with Gasteiger partial charge >= 0.3 is 0 Å². The fraction of sp³-hybridized carbons (Fsp3) is 0.200. The van der Waals surface area contributed by atoms with Crippen LogP contribution in [-0.2, 0) is 4.74 Å². The van der Waals surface area contributed by atoms with Gasteiger partial charge in [-0.2, -0.15) is 0 Å². The van der Waals surface area contributed by atoms with E-state index in [0.29, 0.717) is 0 Å². The first kappa shape index (κ1) is 4.78. The number of allylic oxidation sites excluding steroid dienone is 1. The second-order valence-corrected chi connectivity index (χ2v) is 2.03. The van der Waals surface area contributed by atoms with E-state index in [1.807, 2.05) is 17.7 Å². The predicted octanol–water partition coefficient (Wildman–Crippen LogP) is 2.08. The third-order valence-corrected chi connectivity index (χ3v) is 1.36. The Morgan fingerprint density at radius 1 is 1.71 bits per heavy atom. The Morgan fingerprint density at radius 3 is 2.86 bits per heavy atom. The summed E-state index contributed by atoms with van der Waals surface area (Å²) in [7, 11) is 0. The van der Waals surface area contributed by atoms with E-state index in [2.05, 4.69) is 0 Å². The van der Waals surface area contributed by atoms with Crippen LogP contribution in [0.4, 0.5) is 0 Å². The van der Waals surface area contributed by atoms with Crippen molar-refractivity contribution in [2.75, 3.05) is 0 Å². The van der Waals surface area contributed by atoms with E-state index >= 15 is 0 Å². The van der Waals surface area contributed by atoms with E-state index in [1.165, 1.54) is 0 Å². The zero-order valence-electron chi connectivity index (χ0n) is 4.05. The maximum atomic E-state index is 4.94. The summed E-state index contributed by atoms with van der Waals surface area (Å²) in [5.74, 6) is 0.965. The normalized spacial score (nSPS) is 18.1. The molecule has 2 heteroatoms. The van der Waals surface area contributed by atoms with Gasteiger partial charge in [0, 0.05) is 10.8 Å². The van der Waals surface area contributed by atoms with Crippen LogP contribution in [0.5, 0.6) is 0 Å². The minimum absolute atomic E-state index is 0.965. The highest BCUT2D eigenvalue weighted by Gasteiger charge is 1.88. The van der Waals surface area contributed by atoms with E-state index in [0.717, 1.165) is 5.76 Å². The van der Waals surface area contributed by atoms with Crippen molar-refractivity contribution in [2.24, 2.45) is 0 Å². The summed E-state index contributed by atoms with van der Waals surface area (Å²) >= 11 is 1.64. The van der Waals surface area contributed by atoms with Crippen molar-refractivity contribution >= 4 is 11.8 Å². The van der Waals surface area contributed by atoms with Crippen LogP contribution < -0.4 is 0 Å². The molecule has 0 saturated heterocycles. The molecule has 0 atom stereocenters. The lowest BCUT2D eigenvalue weighted by Gasteiger charge is -2.00. The SMILES string of the molecule is CC1=CSC=CO1. The van der Waals surface area contributed by atoms with Gasteiger partial charge in [0.25, 0.3) is 0 Å². The highest BCUT2D eigenvalue weighted by Crippen LogP contribution is 2.14. The van der Waals surface area contributed by atoms with Crippen LogP contribution >= 0.6 is 11.8 Å². The van der Waals surface area contributed by atoms with Gasteiger partial charge in [-0.05, 0) is 6.92 Å². The topological polar surface area (TPSA) is 9.23 Å². The van der Waals surface area contributed by atoms with Gasteiger partial charge < -0.3 is 4.74 Å². The average Bonchev–Trinajstić information content (AvgIpc) is 1.69. The van der Waals surface area contributed by atoms with E-state index < -0.39 is 0 Å². The highest BCUT2D eigenvalue weighted by molar-refractivity contribution is 8.04. The second kappa shape index (κ2) is 2.07. The van der Waals surface area contributed by atoms with Gasteiger partial charge in [0.1, 0.15) is 5.76 Å². The molecule has 0 spiro atoms. The molecule has 0 bridgehead atoms. The summed E-state index contributed by atoms with van der Waals surface area (Å²) in [6.45, 7) is 1.93. The second-order valence-electron chi connectivity index (χ2n) is 1.25. The smallest absolute Gasteiger partial charge is 0.107 e. The molecule has 0 N–H and O–H groups in total. The van der Waals surface area contributed by atoms with E-state index in [-0.39, 0.29) is 0 Å². The third-order valence-electron chi connectivity index (χ3n) is 0.622. The lowest BCUT2D eigenvalue weighted by Crippen LogP contribution is -1.78. The molecule has 1 heterocycles. The van der Waals surface area contributed by atoms with Crippen molar-refractivity contribution < 1.29 is 4.74 Å². The molecule has 0 aliphatic carbocycles. The molecule has 38 valence electrons. The summed E-state index contributed by atoms with van der Waals surface area (Å²) in [4.78, 5) is 0. The number of hydrogen-bond donors (Lipinski definition) is 0. The Hall–Kier alpha value is -0.370. The fourth-order valence-corrected chi connectivity index (χ4v) is 0.776. The summed E-state index contributed by atoms with van der Waals surface area (Å²) in [5, 5.41) is 3.85. The number of ether oxygens (including phenoxy) is 1. The number of rotatable bonds is 0. The van der Waals surface area contributed by atoms with E-state index in [4.69, 9.17) is 4.74 Å². The Kier molecular flexibility index (Phi) is 1.42. The standard InChI is InChI=1S/C5H6OS/c1-5-4-7-3-2-6-5/h2-4H,1H3. The van der Waals surface area contributed by atoms with Gasteiger partial charge in [0.2, 0.25) is 0 Å². The Balaban J connectivity index is 2.50. The molecular weight excluding hydrogens is 108 g/mol. The minimum atomic E-state index is 0.965. The Bertz CT molecular complexity index is 115. The van der Waals surface area contributed by atoms with Crippen LogP contribution in [-0.4, -0.2) is 0 Å². The number of hydrogen-bond acceptors (Lipinski definition) is 2. The summed E-state index contributed by atoms with van der Waals surface area (Å²) < 4.78 is 4.94. The van der Waals surface area contributed by atoms with Crippen molar-refractivity contribution in [3.63, 3.8) is 0 Å². The lowest BCUT2D eigenvalue weighted by atomic mass is 10.7. The van der Waals surface area contributed by atoms with Crippen molar-refractivity contribution in [3.8, 4) is 0 Å². The van der Waals surface area contributed by atoms with Gasteiger partial charge in [-0.25, -0.2) is 0 Å². The fourth-order valence-electron chi connectivity index (χ4n) is 0.330. The molecular formula is C5H6OS. The molecule has 0 saturated carbocycles. The third kappa shape index (κ3) is 1.27. The molecule has 1 aliphatic rings. The molecule has 0 amide bonds. The number of thioether (sulfide) groups is 1. The first-order valence-electron chi connectivity index (χ1n) is 2.03. The Morgan fingerprint density at radius 2 is 2.57 bits per heavy atom. The van der Waals surface area contributed by atoms with Gasteiger partial charge in [-0.15, -0.1) is 0 Å². The molecule has 1 aliphatic heterocycles. The Labute approximate surface area is 47.1 Å². The first-order valence-corrected chi connectivity index (χ1v) is 2.98. The quantitative estimate of drug-likeness (QED) is 0.477. The molecule has 0 unspecified atom stereocenters. The van der Waals surface area contributed by atoms with Crippen LogP contribution in [0.25, 0.3) is 0 Å². The highest BCUT2D eigenvalue weighted by atomic mass is 32.2. The van der Waals surface area contributed by atoms with Gasteiger partial charge in [-0.1, -0.05) is 11.8 Å². The zero-order valence-corrected chi connectivity index (χ0v) is 4.87. The van der Waals surface area contributed by atoms with Crippen molar-refractivity contribution in [1.29, 1.82) is 0 Å². The molecule has 0 aromatic heterocycles. The first-order chi connectivity index (χ1) is 3.39. The van der Waals surface area contributed by atoms with Crippen molar-refractivity contribution in [2.45, 2.75) is 6.92 Å². The largest absolute Gasteiger partial charge is 0.469 e. The van der Waals surface area contributed by atoms with Gasteiger partial charge in [0.15, 0.2) is 0 Å². The molecule has 1 rings (SSSR count). The summed E-state index contributed by atoms with van der Waals surface area (Å²) in [5.41, 5.74) is 0. The minimum Gasteiger partial charge on any atom is -0.469 e. The predicted molar refractivity (Wildman–Crippen MR) is 31.6 cm³/mol. The molecule has 0 fully saturated rings. The maximum absolute atomic E-state index is 4.94. The summed E-state index contributed by atoms with van der Waals surface area (Å²) in [6, 6.07) is 0. The van der Waals surface area contributed by atoms with Crippen LogP contribution in [0.1, 0.15) is 6.92 Å². The van der Waals surface area contributed by atoms with E-state index in [9.17, 15) is 0 Å². The van der Waals surface area contributed by atoms with Crippen molar-refractivity contribution in [3.05, 3.63) is 22.8 Å². The van der Waals surface area contributed by atoms with Gasteiger partial charge in [-0.3, -0.25) is 0 Å². The van der Waals surface area contributed by atoms with Crippen LogP contribution in [0.2, 0.25) is 0 Å². The monoisotopic (exact) mass is 114 g/mol. The van der Waals surface area contributed by atoms with Gasteiger partial charge in [0.05, 0.1) is 6.26 Å².